The van der Waals surface area contributed by atoms with E-state index < -0.39 is 7.49 Å². The van der Waals surface area contributed by atoms with Crippen molar-refractivity contribution in [3.63, 3.8) is 0 Å². The third-order valence-electron chi connectivity index (χ3n) is 3.90. The molecule has 3 atom stereocenters. The summed E-state index contributed by atoms with van der Waals surface area (Å²) in [6, 6.07) is 9.46. The number of rotatable bonds is 6. The van der Waals surface area contributed by atoms with Crippen molar-refractivity contribution in [2.75, 3.05) is 26.6 Å². The zero-order valence-electron chi connectivity index (χ0n) is 13.3. The van der Waals surface area contributed by atoms with Crippen LogP contribution in [0.5, 0.6) is 0 Å². The van der Waals surface area contributed by atoms with E-state index in [0.29, 0.717) is 6.61 Å². The molecule has 0 bridgehead atoms. The van der Waals surface area contributed by atoms with Crippen LogP contribution in [-0.2, 0) is 9.26 Å². The van der Waals surface area contributed by atoms with Crippen LogP contribution in [-0.4, -0.2) is 44.6 Å². The summed E-state index contributed by atoms with van der Waals surface area (Å²) >= 11 is 0. The van der Waals surface area contributed by atoms with Crippen LogP contribution in [0, 0.1) is 5.92 Å². The van der Waals surface area contributed by atoms with Gasteiger partial charge >= 0.3 is 132 Å². The van der Waals surface area contributed by atoms with Crippen molar-refractivity contribution >= 4 is 13.3 Å². The molecule has 1 aliphatic heterocycles. The second-order valence-electron chi connectivity index (χ2n) is 6.78. The molecule has 3 nitrogen and oxygen atoms in total. The number of ether oxygens (including phenoxy) is 1. The number of carbonyl (C=O) groups is 1. The maximum atomic E-state index is 12.9. The Morgan fingerprint density at radius 3 is 2.68 bits per heavy atom. The quantitative estimate of drug-likeness (QED) is 0.459. The standard InChI is InChI=1S/C18H23O3P/c1-22(2,3)20-12-15(14-10-7-11-16-18(14)21-16)17(19)13-8-5-4-6-9-13/h4-11,15-16,18,22H,12H2,1-3H3. The molecule has 1 fully saturated rings. The number of ketones is 1. The van der Waals surface area contributed by atoms with Gasteiger partial charge in [-0.3, -0.25) is 0 Å². The first-order valence-electron chi connectivity index (χ1n) is 7.73. The van der Waals surface area contributed by atoms with Crippen LogP contribution in [0.3, 0.4) is 0 Å². The Hall–Kier alpha value is -1.28. The Labute approximate surface area is 132 Å². The number of hydrogen-bond acceptors (Lipinski definition) is 3. The van der Waals surface area contributed by atoms with Crippen LogP contribution < -0.4 is 0 Å². The number of hydrogen-bond donors (Lipinski definition) is 0. The van der Waals surface area contributed by atoms with Crippen molar-refractivity contribution in [3.8, 4) is 0 Å². The van der Waals surface area contributed by atoms with Crippen molar-refractivity contribution in [3.05, 3.63) is 59.7 Å². The van der Waals surface area contributed by atoms with Crippen molar-refractivity contribution in [1.82, 2.24) is 0 Å². The summed E-state index contributed by atoms with van der Waals surface area (Å²) < 4.78 is 11.7. The second kappa shape index (κ2) is 6.08. The van der Waals surface area contributed by atoms with Crippen molar-refractivity contribution in [2.45, 2.75) is 12.2 Å². The van der Waals surface area contributed by atoms with Crippen molar-refractivity contribution in [1.29, 1.82) is 0 Å². The summed E-state index contributed by atoms with van der Waals surface area (Å²) in [5.74, 6) is -0.135. The van der Waals surface area contributed by atoms with E-state index in [-0.39, 0.29) is 23.9 Å². The number of fused-ring (bicyclic) bond motifs is 1. The normalized spacial score (nSPS) is 25.1. The minimum atomic E-state index is -1.68. The van der Waals surface area contributed by atoms with E-state index in [1.807, 2.05) is 48.6 Å². The van der Waals surface area contributed by atoms with Gasteiger partial charge in [-0.15, -0.1) is 0 Å². The zero-order chi connectivity index (χ0) is 15.7. The van der Waals surface area contributed by atoms with Crippen molar-refractivity contribution < 1.29 is 14.1 Å². The molecule has 4 heteroatoms. The average molecular weight is 318 g/mol. The Morgan fingerprint density at radius 1 is 1.27 bits per heavy atom. The third kappa shape index (κ3) is 3.55. The van der Waals surface area contributed by atoms with Gasteiger partial charge in [0.15, 0.2) is 0 Å². The van der Waals surface area contributed by atoms with Crippen LogP contribution in [0.4, 0.5) is 0 Å². The summed E-state index contributed by atoms with van der Waals surface area (Å²) in [4.78, 5) is 12.9. The molecule has 1 aromatic rings. The fraction of sp³-hybridized carbons (Fsp3) is 0.389. The monoisotopic (exact) mass is 318 g/mol. The molecule has 1 aliphatic carbocycles. The van der Waals surface area contributed by atoms with Gasteiger partial charge in [-0.25, -0.2) is 0 Å². The van der Waals surface area contributed by atoms with Crippen molar-refractivity contribution in [2.24, 2.45) is 5.92 Å². The first kappa shape index (κ1) is 15.6. The van der Waals surface area contributed by atoms with E-state index >= 15 is 0 Å². The second-order valence-corrected chi connectivity index (χ2v) is 11.3. The first-order chi connectivity index (χ1) is 10.5. The summed E-state index contributed by atoms with van der Waals surface area (Å²) in [6.45, 7) is 6.86. The molecule has 22 heavy (non-hydrogen) atoms. The predicted molar refractivity (Wildman–Crippen MR) is 92.2 cm³/mol. The van der Waals surface area contributed by atoms with Gasteiger partial charge in [0.25, 0.3) is 0 Å². The molecule has 118 valence electrons. The van der Waals surface area contributed by atoms with E-state index in [4.69, 9.17) is 9.26 Å². The van der Waals surface area contributed by atoms with Crippen LogP contribution in [0.2, 0.25) is 0 Å². The fourth-order valence-corrected chi connectivity index (χ4v) is 3.35. The number of benzene rings is 1. The average Bonchev–Trinajstić information content (AvgIpc) is 3.27. The minimum absolute atomic E-state index is 0.0629. The SMILES string of the molecule is C[PH](C)(C)OCC(C(=O)c1ccccc1)C1=CC=CC2OC12. The number of allylic oxidation sites excluding steroid dienone is 2. The Morgan fingerprint density at radius 2 is 2.00 bits per heavy atom. The Kier molecular flexibility index (Phi) is 4.31. The molecule has 1 heterocycles. The first-order valence-corrected chi connectivity index (χ1v) is 11.1. The van der Waals surface area contributed by atoms with Gasteiger partial charge in [0, 0.05) is 0 Å². The zero-order valence-corrected chi connectivity index (χ0v) is 14.3. The summed E-state index contributed by atoms with van der Waals surface area (Å²) in [5.41, 5.74) is 1.79. The van der Waals surface area contributed by atoms with E-state index in [0.717, 1.165) is 11.1 Å². The Balaban J connectivity index is 1.84. The van der Waals surface area contributed by atoms with Gasteiger partial charge in [0.05, 0.1) is 0 Å². The topological polar surface area (TPSA) is 38.8 Å². The van der Waals surface area contributed by atoms with Crippen LogP contribution in [0.1, 0.15) is 10.4 Å². The summed E-state index contributed by atoms with van der Waals surface area (Å²) in [5, 5.41) is 0. The molecule has 3 rings (SSSR count). The van der Waals surface area contributed by atoms with Crippen LogP contribution >= 0.6 is 7.49 Å². The summed E-state index contributed by atoms with van der Waals surface area (Å²) in [6.07, 6.45) is 6.26. The van der Waals surface area contributed by atoms with Crippen LogP contribution in [0.15, 0.2) is 54.1 Å². The molecule has 1 saturated heterocycles. The number of Topliss-reactive ketones (excluding diaryl/α,β-unsaturated/α-hetero) is 1. The molecule has 0 aromatic heterocycles. The molecular formula is C18H23O3P. The van der Waals surface area contributed by atoms with Gasteiger partial charge in [0.1, 0.15) is 0 Å². The molecule has 0 N–H and O–H groups in total. The van der Waals surface area contributed by atoms with Gasteiger partial charge in [-0.05, 0) is 0 Å². The molecule has 1 aromatic carbocycles. The van der Waals surface area contributed by atoms with Gasteiger partial charge < -0.3 is 0 Å². The Bertz CT molecular complexity index is 613. The molecule has 0 amide bonds. The number of epoxide rings is 1. The van der Waals surface area contributed by atoms with Gasteiger partial charge in [-0.1, -0.05) is 0 Å². The molecule has 2 aliphatic rings. The molecule has 3 unspecified atom stereocenters. The van der Waals surface area contributed by atoms with Crippen LogP contribution in [0.25, 0.3) is 0 Å². The van der Waals surface area contributed by atoms with Gasteiger partial charge in [0.2, 0.25) is 0 Å². The fourth-order valence-electron chi connectivity index (χ4n) is 2.68. The third-order valence-corrected chi connectivity index (χ3v) is 4.94. The maximum absolute atomic E-state index is 12.9. The molecule has 0 spiro atoms. The van der Waals surface area contributed by atoms with E-state index in [1.54, 1.807) is 0 Å². The van der Waals surface area contributed by atoms with Gasteiger partial charge in [-0.2, -0.15) is 0 Å². The molecular weight excluding hydrogens is 295 g/mol. The number of carbonyl (C=O) groups excluding carboxylic acids is 1. The predicted octanol–water partition coefficient (Wildman–Crippen LogP) is 3.32. The molecule has 0 radical (unpaired) electrons. The van der Waals surface area contributed by atoms with E-state index in [2.05, 4.69) is 20.0 Å². The molecule has 0 saturated carbocycles. The van der Waals surface area contributed by atoms with E-state index in [9.17, 15) is 4.79 Å². The van der Waals surface area contributed by atoms with E-state index in [1.165, 1.54) is 0 Å². The summed E-state index contributed by atoms with van der Waals surface area (Å²) in [7, 11) is -1.68.